The summed E-state index contributed by atoms with van der Waals surface area (Å²) in [6, 6.07) is 8.97. The van der Waals surface area contributed by atoms with Crippen LogP contribution in [-0.2, 0) is 6.42 Å². The van der Waals surface area contributed by atoms with Gasteiger partial charge in [-0.15, -0.1) is 0 Å². The number of hydrogen-bond acceptors (Lipinski definition) is 3. The zero-order valence-corrected chi connectivity index (χ0v) is 11.4. The molecular weight excluding hydrogens is 250 g/mol. The smallest absolute Gasteiger partial charge is 0.116 e. The summed E-state index contributed by atoms with van der Waals surface area (Å²) in [4.78, 5) is 4.22. The van der Waals surface area contributed by atoms with Gasteiger partial charge in [0.25, 0.3) is 0 Å². The molecule has 1 aliphatic heterocycles. The molecule has 2 N–H and O–H groups in total. The van der Waals surface area contributed by atoms with Crippen molar-refractivity contribution in [2.24, 2.45) is 0 Å². The number of anilines is 1. The van der Waals surface area contributed by atoms with Gasteiger partial charge >= 0.3 is 0 Å². The number of para-hydroxylation sites is 1. The van der Waals surface area contributed by atoms with Gasteiger partial charge in [-0.3, -0.25) is 0 Å². The molecule has 4 rings (SSSR count). The third kappa shape index (κ3) is 2.00. The molecule has 1 fully saturated rings. The fourth-order valence-electron chi connectivity index (χ4n) is 3.11. The SMILES string of the molecule is OC(c1cncn1C1CC1)C1CCc2ccccc2N1. The van der Waals surface area contributed by atoms with E-state index in [0.717, 1.165) is 24.2 Å². The third-order valence-electron chi connectivity index (χ3n) is 4.40. The maximum atomic E-state index is 10.7. The largest absolute Gasteiger partial charge is 0.385 e. The number of aliphatic hydroxyl groups is 1. The van der Waals surface area contributed by atoms with Crippen molar-refractivity contribution in [1.29, 1.82) is 0 Å². The van der Waals surface area contributed by atoms with Crippen LogP contribution in [0.5, 0.6) is 0 Å². The Bertz CT molecular complexity index is 618. The molecule has 1 aromatic heterocycles. The van der Waals surface area contributed by atoms with E-state index in [2.05, 4.69) is 33.1 Å². The zero-order chi connectivity index (χ0) is 13.5. The van der Waals surface area contributed by atoms with Gasteiger partial charge in [-0.25, -0.2) is 4.98 Å². The molecule has 20 heavy (non-hydrogen) atoms. The zero-order valence-electron chi connectivity index (χ0n) is 11.4. The van der Waals surface area contributed by atoms with Crippen LogP contribution in [0.4, 0.5) is 5.69 Å². The van der Waals surface area contributed by atoms with E-state index >= 15 is 0 Å². The molecule has 2 atom stereocenters. The number of nitrogens with zero attached hydrogens (tertiary/aromatic N) is 2. The van der Waals surface area contributed by atoms with E-state index in [1.165, 1.54) is 18.4 Å². The second kappa shape index (κ2) is 4.63. The number of fused-ring (bicyclic) bond motifs is 1. The number of aryl methyl sites for hydroxylation is 1. The Kier molecular flexibility index (Phi) is 2.77. The van der Waals surface area contributed by atoms with Crippen LogP contribution in [0.15, 0.2) is 36.8 Å². The van der Waals surface area contributed by atoms with Crippen molar-refractivity contribution in [3.8, 4) is 0 Å². The lowest BCUT2D eigenvalue weighted by Crippen LogP contribution is -2.32. The van der Waals surface area contributed by atoms with Crippen LogP contribution in [0.2, 0.25) is 0 Å². The van der Waals surface area contributed by atoms with Crippen LogP contribution in [0, 0.1) is 0 Å². The highest BCUT2D eigenvalue weighted by molar-refractivity contribution is 5.54. The summed E-state index contributed by atoms with van der Waals surface area (Å²) in [7, 11) is 0. The summed E-state index contributed by atoms with van der Waals surface area (Å²) in [5.41, 5.74) is 3.44. The van der Waals surface area contributed by atoms with Crippen molar-refractivity contribution in [3.05, 3.63) is 48.0 Å². The topological polar surface area (TPSA) is 50.1 Å². The Labute approximate surface area is 118 Å². The molecule has 0 amide bonds. The number of imidazole rings is 1. The molecular formula is C16H19N3O. The van der Waals surface area contributed by atoms with E-state index in [1.807, 2.05) is 18.6 Å². The molecule has 4 nitrogen and oxygen atoms in total. The normalized spacial score (nSPS) is 22.9. The molecule has 1 aromatic carbocycles. The maximum absolute atomic E-state index is 10.7. The summed E-state index contributed by atoms with van der Waals surface area (Å²) in [6.07, 6.45) is 7.55. The minimum Gasteiger partial charge on any atom is -0.385 e. The van der Waals surface area contributed by atoms with E-state index < -0.39 is 6.10 Å². The van der Waals surface area contributed by atoms with Gasteiger partial charge < -0.3 is 15.0 Å². The number of hydrogen-bond donors (Lipinski definition) is 2. The Hall–Kier alpha value is -1.81. The first-order valence-corrected chi connectivity index (χ1v) is 7.37. The van der Waals surface area contributed by atoms with Gasteiger partial charge in [0.2, 0.25) is 0 Å². The number of nitrogens with one attached hydrogen (secondary N) is 1. The van der Waals surface area contributed by atoms with Crippen molar-refractivity contribution in [1.82, 2.24) is 9.55 Å². The van der Waals surface area contributed by atoms with Crippen molar-refractivity contribution in [2.75, 3.05) is 5.32 Å². The number of benzene rings is 1. The molecule has 104 valence electrons. The predicted molar refractivity (Wildman–Crippen MR) is 77.6 cm³/mol. The fourth-order valence-corrected chi connectivity index (χ4v) is 3.11. The van der Waals surface area contributed by atoms with Gasteiger partial charge in [-0.1, -0.05) is 18.2 Å². The fraction of sp³-hybridized carbons (Fsp3) is 0.438. The van der Waals surface area contributed by atoms with Crippen molar-refractivity contribution in [3.63, 3.8) is 0 Å². The van der Waals surface area contributed by atoms with Gasteiger partial charge in [0, 0.05) is 11.7 Å². The average Bonchev–Trinajstić information content (AvgIpc) is 3.23. The molecule has 0 radical (unpaired) electrons. The van der Waals surface area contributed by atoms with E-state index in [9.17, 15) is 5.11 Å². The minimum absolute atomic E-state index is 0.0686. The number of rotatable bonds is 3. The van der Waals surface area contributed by atoms with Gasteiger partial charge in [-0.2, -0.15) is 0 Å². The lowest BCUT2D eigenvalue weighted by molar-refractivity contribution is 0.140. The average molecular weight is 269 g/mol. The molecule has 1 aliphatic carbocycles. The quantitative estimate of drug-likeness (QED) is 0.900. The van der Waals surface area contributed by atoms with Crippen molar-refractivity contribution >= 4 is 5.69 Å². The maximum Gasteiger partial charge on any atom is 0.116 e. The summed E-state index contributed by atoms with van der Waals surface area (Å²) >= 11 is 0. The second-order valence-corrected chi connectivity index (χ2v) is 5.85. The third-order valence-corrected chi connectivity index (χ3v) is 4.40. The van der Waals surface area contributed by atoms with E-state index in [4.69, 9.17) is 0 Å². The van der Waals surface area contributed by atoms with E-state index in [1.54, 1.807) is 0 Å². The Morgan fingerprint density at radius 1 is 1.25 bits per heavy atom. The van der Waals surface area contributed by atoms with Crippen LogP contribution >= 0.6 is 0 Å². The summed E-state index contributed by atoms with van der Waals surface area (Å²) in [5.74, 6) is 0. The van der Waals surface area contributed by atoms with E-state index in [0.29, 0.717) is 6.04 Å². The standard InChI is InChI=1S/C16H19N3O/c20-16(15-9-17-10-19(15)12-6-7-12)14-8-5-11-3-1-2-4-13(11)18-14/h1-4,9-10,12,14,16,18,20H,5-8H2. The minimum atomic E-state index is -0.494. The summed E-state index contributed by atoms with van der Waals surface area (Å²) in [6.45, 7) is 0. The van der Waals surface area contributed by atoms with Gasteiger partial charge in [0.05, 0.1) is 24.3 Å². The number of aliphatic hydroxyl groups excluding tert-OH is 1. The number of aromatic nitrogens is 2. The Balaban J connectivity index is 1.57. The Morgan fingerprint density at radius 3 is 2.95 bits per heavy atom. The molecule has 4 heteroatoms. The first-order valence-electron chi connectivity index (χ1n) is 7.37. The highest BCUT2D eigenvalue weighted by Gasteiger charge is 2.31. The van der Waals surface area contributed by atoms with Gasteiger partial charge in [0.15, 0.2) is 0 Å². The highest BCUT2D eigenvalue weighted by atomic mass is 16.3. The molecule has 2 heterocycles. The van der Waals surface area contributed by atoms with E-state index in [-0.39, 0.29) is 6.04 Å². The van der Waals surface area contributed by atoms with Crippen LogP contribution in [-0.4, -0.2) is 20.7 Å². The summed E-state index contributed by atoms with van der Waals surface area (Å²) < 4.78 is 2.15. The highest BCUT2D eigenvalue weighted by Crippen LogP contribution is 2.38. The van der Waals surface area contributed by atoms with Gasteiger partial charge in [0.1, 0.15) is 6.10 Å². The second-order valence-electron chi connectivity index (χ2n) is 5.85. The molecule has 2 unspecified atom stereocenters. The van der Waals surface area contributed by atoms with Crippen molar-refractivity contribution in [2.45, 2.75) is 43.9 Å². The Morgan fingerprint density at radius 2 is 2.10 bits per heavy atom. The summed E-state index contributed by atoms with van der Waals surface area (Å²) in [5, 5.41) is 14.2. The lowest BCUT2D eigenvalue weighted by atomic mass is 9.94. The molecule has 1 saturated carbocycles. The predicted octanol–water partition coefficient (Wildman–Crippen LogP) is 2.68. The van der Waals surface area contributed by atoms with Crippen LogP contribution in [0.1, 0.15) is 42.7 Å². The molecule has 0 bridgehead atoms. The van der Waals surface area contributed by atoms with Crippen LogP contribution < -0.4 is 5.32 Å². The molecule has 2 aliphatic rings. The van der Waals surface area contributed by atoms with Crippen LogP contribution in [0.3, 0.4) is 0 Å². The van der Waals surface area contributed by atoms with Gasteiger partial charge in [-0.05, 0) is 37.3 Å². The molecule has 0 spiro atoms. The van der Waals surface area contributed by atoms with Crippen LogP contribution in [0.25, 0.3) is 0 Å². The first-order chi connectivity index (χ1) is 9.83. The van der Waals surface area contributed by atoms with Crippen molar-refractivity contribution < 1.29 is 5.11 Å². The first kappa shape index (κ1) is 12.0. The molecule has 2 aromatic rings. The lowest BCUT2D eigenvalue weighted by Gasteiger charge is -2.31. The monoisotopic (exact) mass is 269 g/mol. The molecule has 0 saturated heterocycles.